The molecule has 0 saturated heterocycles. The molecule has 0 fully saturated rings. The highest BCUT2D eigenvalue weighted by molar-refractivity contribution is 6.35. The number of aromatic nitrogens is 1. The highest BCUT2D eigenvalue weighted by Crippen LogP contribution is 2.33. The number of hydrogen-bond acceptors (Lipinski definition) is 5. The van der Waals surface area contributed by atoms with Gasteiger partial charge in [-0.15, -0.1) is 0 Å². The quantitative estimate of drug-likeness (QED) is 0.652. The van der Waals surface area contributed by atoms with E-state index >= 15 is 0 Å². The molecule has 1 aromatic carbocycles. The summed E-state index contributed by atoms with van der Waals surface area (Å²) in [6, 6.07) is 4.94. The second-order valence-electron chi connectivity index (χ2n) is 4.44. The van der Waals surface area contributed by atoms with Crippen LogP contribution in [0, 0.1) is 6.92 Å². The van der Waals surface area contributed by atoms with Crippen molar-refractivity contribution in [2.75, 3.05) is 18.6 Å². The summed E-state index contributed by atoms with van der Waals surface area (Å²) in [6.45, 7) is 1.84. The maximum absolute atomic E-state index is 11.7. The molecule has 0 atom stereocenters. The smallest absolute Gasteiger partial charge is 0.358 e. The summed E-state index contributed by atoms with van der Waals surface area (Å²) in [4.78, 5) is 15.9. The fourth-order valence-electron chi connectivity index (χ4n) is 1.84. The van der Waals surface area contributed by atoms with Crippen molar-refractivity contribution in [3.05, 3.63) is 39.5 Å². The summed E-state index contributed by atoms with van der Waals surface area (Å²) >= 11 is 12.0. The summed E-state index contributed by atoms with van der Waals surface area (Å²) in [7, 11) is 1.24. The molecule has 7 heteroatoms. The first-order chi connectivity index (χ1) is 9.85. The Labute approximate surface area is 131 Å². The number of pyridine rings is 1. The van der Waals surface area contributed by atoms with Gasteiger partial charge >= 0.3 is 5.97 Å². The van der Waals surface area contributed by atoms with Crippen molar-refractivity contribution in [3.8, 4) is 11.3 Å². The Bertz CT molecular complexity index is 733. The number of halogens is 2. The Kier molecular flexibility index (Phi) is 4.25. The zero-order chi connectivity index (χ0) is 15.7. The molecule has 0 spiro atoms. The standard InChI is InChI=1S/C14H13Cl2N3O2/c1-6-3-7(9(17)4-8(6)15)11-5-10(18)12(16)13(19-11)14(20)21-2/h3-5H,17H2,1-2H3,(H2,18,19). The lowest BCUT2D eigenvalue weighted by Gasteiger charge is -2.11. The Morgan fingerprint density at radius 3 is 2.48 bits per heavy atom. The normalized spacial score (nSPS) is 10.5. The monoisotopic (exact) mass is 325 g/mol. The molecule has 0 unspecified atom stereocenters. The number of anilines is 2. The summed E-state index contributed by atoms with van der Waals surface area (Å²) < 4.78 is 4.64. The van der Waals surface area contributed by atoms with Crippen LogP contribution in [0.5, 0.6) is 0 Å². The molecule has 0 aliphatic heterocycles. The number of benzene rings is 1. The number of hydrogen-bond donors (Lipinski definition) is 2. The molecule has 0 amide bonds. The van der Waals surface area contributed by atoms with Gasteiger partial charge in [0.05, 0.1) is 23.5 Å². The average Bonchev–Trinajstić information content (AvgIpc) is 2.45. The minimum Gasteiger partial charge on any atom is -0.464 e. The molecule has 0 saturated carbocycles. The third-order valence-electron chi connectivity index (χ3n) is 2.97. The van der Waals surface area contributed by atoms with Crippen LogP contribution in [-0.2, 0) is 4.74 Å². The largest absolute Gasteiger partial charge is 0.464 e. The topological polar surface area (TPSA) is 91.2 Å². The van der Waals surface area contributed by atoms with E-state index in [0.29, 0.717) is 22.0 Å². The van der Waals surface area contributed by atoms with Crippen LogP contribution in [-0.4, -0.2) is 18.1 Å². The van der Waals surface area contributed by atoms with Crippen LogP contribution in [0.3, 0.4) is 0 Å². The number of nitrogens with two attached hydrogens (primary N) is 2. The van der Waals surface area contributed by atoms with E-state index in [9.17, 15) is 4.79 Å². The first-order valence-corrected chi connectivity index (χ1v) is 6.71. The minimum atomic E-state index is -0.669. The average molecular weight is 326 g/mol. The van der Waals surface area contributed by atoms with Crippen LogP contribution < -0.4 is 11.5 Å². The van der Waals surface area contributed by atoms with E-state index in [-0.39, 0.29) is 16.4 Å². The number of aryl methyl sites for hydroxylation is 1. The van der Waals surface area contributed by atoms with Gasteiger partial charge in [-0.2, -0.15) is 0 Å². The number of nitrogen functional groups attached to an aromatic ring is 2. The molecule has 5 nitrogen and oxygen atoms in total. The lowest BCUT2D eigenvalue weighted by Crippen LogP contribution is -2.08. The molecule has 21 heavy (non-hydrogen) atoms. The van der Waals surface area contributed by atoms with Crippen molar-refractivity contribution in [1.29, 1.82) is 0 Å². The first-order valence-electron chi connectivity index (χ1n) is 5.95. The molecule has 2 rings (SSSR count). The minimum absolute atomic E-state index is 0.0508. The molecule has 2 aromatic rings. The van der Waals surface area contributed by atoms with Crippen LogP contribution in [0.2, 0.25) is 10.0 Å². The number of carbonyl (C=O) groups excluding carboxylic acids is 1. The fourth-order valence-corrected chi connectivity index (χ4v) is 2.18. The predicted octanol–water partition coefficient (Wildman–Crippen LogP) is 3.31. The van der Waals surface area contributed by atoms with Gasteiger partial charge in [0, 0.05) is 16.3 Å². The SMILES string of the molecule is COC(=O)c1nc(-c2cc(C)c(Cl)cc2N)cc(N)c1Cl. The van der Waals surface area contributed by atoms with Gasteiger partial charge in [0.25, 0.3) is 0 Å². The molecule has 0 bridgehead atoms. The second-order valence-corrected chi connectivity index (χ2v) is 5.22. The van der Waals surface area contributed by atoms with Crippen LogP contribution in [0.1, 0.15) is 16.1 Å². The Morgan fingerprint density at radius 1 is 1.19 bits per heavy atom. The number of carbonyl (C=O) groups is 1. The summed E-state index contributed by atoms with van der Waals surface area (Å²) in [5.41, 5.74) is 14.2. The molecule has 0 aliphatic carbocycles. The first kappa shape index (κ1) is 15.4. The van der Waals surface area contributed by atoms with Crippen molar-refractivity contribution < 1.29 is 9.53 Å². The van der Waals surface area contributed by atoms with Gasteiger partial charge in [-0.1, -0.05) is 23.2 Å². The molecular formula is C14H13Cl2N3O2. The van der Waals surface area contributed by atoms with Crippen molar-refractivity contribution in [1.82, 2.24) is 4.98 Å². The maximum Gasteiger partial charge on any atom is 0.358 e. The van der Waals surface area contributed by atoms with Gasteiger partial charge in [0.2, 0.25) is 0 Å². The van der Waals surface area contributed by atoms with Crippen LogP contribution in [0.4, 0.5) is 11.4 Å². The van der Waals surface area contributed by atoms with Crippen molar-refractivity contribution >= 4 is 40.5 Å². The third-order valence-corrected chi connectivity index (χ3v) is 3.78. The van der Waals surface area contributed by atoms with E-state index < -0.39 is 5.97 Å². The Morgan fingerprint density at radius 2 is 1.86 bits per heavy atom. The van der Waals surface area contributed by atoms with E-state index in [1.54, 1.807) is 18.2 Å². The van der Waals surface area contributed by atoms with Gasteiger partial charge in [-0.25, -0.2) is 9.78 Å². The van der Waals surface area contributed by atoms with E-state index in [0.717, 1.165) is 5.56 Å². The summed E-state index contributed by atoms with van der Waals surface area (Å²) in [5.74, 6) is -0.669. The maximum atomic E-state index is 11.7. The Balaban J connectivity index is 2.68. The number of ether oxygens (including phenoxy) is 1. The van der Waals surface area contributed by atoms with E-state index in [2.05, 4.69) is 9.72 Å². The second kappa shape index (κ2) is 5.79. The van der Waals surface area contributed by atoms with E-state index in [1.807, 2.05) is 6.92 Å². The molecule has 0 radical (unpaired) electrons. The van der Waals surface area contributed by atoms with Gasteiger partial charge in [-0.3, -0.25) is 0 Å². The Hall–Kier alpha value is -1.98. The van der Waals surface area contributed by atoms with Crippen molar-refractivity contribution in [3.63, 3.8) is 0 Å². The van der Waals surface area contributed by atoms with Crippen LogP contribution in [0.25, 0.3) is 11.3 Å². The van der Waals surface area contributed by atoms with E-state index in [1.165, 1.54) is 7.11 Å². The van der Waals surface area contributed by atoms with Gasteiger partial charge < -0.3 is 16.2 Å². The van der Waals surface area contributed by atoms with Crippen molar-refractivity contribution in [2.24, 2.45) is 0 Å². The molecule has 4 N–H and O–H groups in total. The fraction of sp³-hybridized carbons (Fsp3) is 0.143. The van der Waals surface area contributed by atoms with Crippen LogP contribution >= 0.6 is 23.2 Å². The molecule has 1 heterocycles. The highest BCUT2D eigenvalue weighted by atomic mass is 35.5. The highest BCUT2D eigenvalue weighted by Gasteiger charge is 2.18. The zero-order valence-electron chi connectivity index (χ0n) is 11.4. The van der Waals surface area contributed by atoms with Crippen LogP contribution in [0.15, 0.2) is 18.2 Å². The molecular weight excluding hydrogens is 313 g/mol. The number of rotatable bonds is 2. The number of esters is 1. The van der Waals surface area contributed by atoms with Gasteiger partial charge in [0.1, 0.15) is 0 Å². The molecule has 0 aliphatic rings. The molecule has 1 aromatic heterocycles. The van der Waals surface area contributed by atoms with Crippen molar-refractivity contribution in [2.45, 2.75) is 6.92 Å². The summed E-state index contributed by atoms with van der Waals surface area (Å²) in [6.07, 6.45) is 0. The third kappa shape index (κ3) is 2.89. The number of methoxy groups -OCH3 is 1. The van der Waals surface area contributed by atoms with E-state index in [4.69, 9.17) is 34.7 Å². The van der Waals surface area contributed by atoms with Gasteiger partial charge in [0.15, 0.2) is 5.69 Å². The molecule has 110 valence electrons. The lowest BCUT2D eigenvalue weighted by molar-refractivity contribution is 0.0594. The zero-order valence-corrected chi connectivity index (χ0v) is 12.9. The number of nitrogens with zero attached hydrogens (tertiary/aromatic N) is 1. The lowest BCUT2D eigenvalue weighted by atomic mass is 10.0. The predicted molar refractivity (Wildman–Crippen MR) is 84.6 cm³/mol. The summed E-state index contributed by atoms with van der Waals surface area (Å²) in [5, 5.41) is 0.598. The van der Waals surface area contributed by atoms with Gasteiger partial charge in [-0.05, 0) is 30.7 Å².